The minimum absolute atomic E-state index is 0.0191. The fraction of sp³-hybridized carbons (Fsp3) is 0.348. The zero-order chi connectivity index (χ0) is 22.2. The van der Waals surface area contributed by atoms with Crippen molar-refractivity contribution in [3.05, 3.63) is 52.9 Å². The molecule has 2 N–H and O–H groups in total. The molecular formula is C23H24N8OS. The van der Waals surface area contributed by atoms with E-state index < -0.39 is 0 Å². The van der Waals surface area contributed by atoms with E-state index in [4.69, 9.17) is 0 Å². The number of carbonyl (C=O) groups excluding carboxylic acids is 1. The van der Waals surface area contributed by atoms with Gasteiger partial charge in [0.1, 0.15) is 5.01 Å². The molecule has 1 aromatic carbocycles. The first kappa shape index (κ1) is 20.3. The quantitative estimate of drug-likeness (QED) is 0.455. The second-order valence-corrected chi connectivity index (χ2v) is 9.51. The van der Waals surface area contributed by atoms with Crippen LogP contribution in [0.3, 0.4) is 0 Å². The molecule has 5 heterocycles. The fourth-order valence-electron chi connectivity index (χ4n) is 4.56. The first-order valence-corrected chi connectivity index (χ1v) is 12.1. The Labute approximate surface area is 194 Å². The van der Waals surface area contributed by atoms with E-state index >= 15 is 0 Å². The third kappa shape index (κ3) is 3.96. The Morgan fingerprint density at radius 1 is 1.12 bits per heavy atom. The molecular weight excluding hydrogens is 436 g/mol. The number of hydrogen-bond donors (Lipinski definition) is 2. The summed E-state index contributed by atoms with van der Waals surface area (Å²) in [7, 11) is 0. The monoisotopic (exact) mass is 460 g/mol. The summed E-state index contributed by atoms with van der Waals surface area (Å²) in [6.07, 6.45) is 10.4. The van der Waals surface area contributed by atoms with Gasteiger partial charge in [-0.25, -0.2) is 9.97 Å². The van der Waals surface area contributed by atoms with Gasteiger partial charge in [0.25, 0.3) is 5.91 Å². The lowest BCUT2D eigenvalue weighted by Gasteiger charge is -2.25. The molecule has 0 bridgehead atoms. The second-order valence-electron chi connectivity index (χ2n) is 8.45. The van der Waals surface area contributed by atoms with Gasteiger partial charge in [-0.05, 0) is 43.6 Å². The highest BCUT2D eigenvalue weighted by atomic mass is 32.1. The molecule has 2 aliphatic rings. The van der Waals surface area contributed by atoms with Crippen LogP contribution in [-0.2, 0) is 13.0 Å². The van der Waals surface area contributed by atoms with Gasteiger partial charge in [0.05, 0.1) is 11.9 Å². The first-order chi connectivity index (χ1) is 16.2. The Balaban J connectivity index is 1.21. The van der Waals surface area contributed by atoms with Crippen LogP contribution >= 0.6 is 11.3 Å². The van der Waals surface area contributed by atoms with Crippen LogP contribution in [0, 0.1) is 0 Å². The van der Waals surface area contributed by atoms with E-state index in [1.54, 1.807) is 17.5 Å². The van der Waals surface area contributed by atoms with E-state index in [9.17, 15) is 4.79 Å². The maximum Gasteiger partial charge on any atom is 0.251 e. The van der Waals surface area contributed by atoms with Gasteiger partial charge in [-0.2, -0.15) is 0 Å². The fourth-order valence-corrected chi connectivity index (χ4v) is 5.28. The highest BCUT2D eigenvalue weighted by molar-refractivity contribution is 7.15. The number of piperidine rings is 1. The third-order valence-corrected chi connectivity index (χ3v) is 7.19. The number of hydrogen-bond acceptors (Lipinski definition) is 8. The van der Waals surface area contributed by atoms with Crippen LogP contribution in [-0.4, -0.2) is 55.0 Å². The van der Waals surface area contributed by atoms with Crippen molar-refractivity contribution < 1.29 is 4.79 Å². The highest BCUT2D eigenvalue weighted by Crippen LogP contribution is 2.29. The van der Waals surface area contributed by atoms with Crippen LogP contribution in [0.25, 0.3) is 16.9 Å². The molecule has 0 aliphatic carbocycles. The van der Waals surface area contributed by atoms with Gasteiger partial charge in [-0.3, -0.25) is 9.20 Å². The summed E-state index contributed by atoms with van der Waals surface area (Å²) in [4.78, 5) is 23.5. The van der Waals surface area contributed by atoms with Crippen LogP contribution in [0.5, 0.6) is 0 Å². The van der Waals surface area contributed by atoms with Crippen LogP contribution in [0.4, 0.5) is 10.9 Å². The standard InChI is InChI=1S/C23H24N8OS/c32-22-17-5-4-15(12-16(17)13-26-22)18-14-25-20(21-24-7-11-31(18)21)27-23-29-28-19(33-23)6-10-30-8-2-1-3-9-30/h4-5,7,11-12,14H,1-3,6,8-10,13H2,(H,26,32)(H,25,27,29). The maximum absolute atomic E-state index is 11.9. The molecule has 6 rings (SSSR count). The van der Waals surface area contributed by atoms with E-state index in [-0.39, 0.29) is 5.91 Å². The molecule has 1 saturated heterocycles. The molecule has 0 unspecified atom stereocenters. The van der Waals surface area contributed by atoms with E-state index in [1.165, 1.54) is 32.4 Å². The summed E-state index contributed by atoms with van der Waals surface area (Å²) in [5.74, 6) is 0.620. The van der Waals surface area contributed by atoms with E-state index in [1.807, 2.05) is 35.0 Å². The number of aromatic nitrogens is 5. The number of nitrogens with one attached hydrogen (secondary N) is 2. The zero-order valence-electron chi connectivity index (χ0n) is 18.1. The van der Waals surface area contributed by atoms with Crippen molar-refractivity contribution in [2.75, 3.05) is 25.0 Å². The number of benzene rings is 1. The number of amides is 1. The van der Waals surface area contributed by atoms with Gasteiger partial charge in [0.2, 0.25) is 5.13 Å². The van der Waals surface area contributed by atoms with Gasteiger partial charge in [0, 0.05) is 43.0 Å². The molecule has 1 amide bonds. The van der Waals surface area contributed by atoms with Gasteiger partial charge >= 0.3 is 0 Å². The number of likely N-dealkylation sites (tertiary alicyclic amines) is 1. The van der Waals surface area contributed by atoms with Gasteiger partial charge in [-0.1, -0.05) is 23.8 Å². The summed E-state index contributed by atoms with van der Waals surface area (Å²) in [5.41, 5.74) is 4.35. The normalized spacial score (nSPS) is 16.2. The van der Waals surface area contributed by atoms with Crippen molar-refractivity contribution in [3.63, 3.8) is 0 Å². The molecule has 2 aliphatic heterocycles. The van der Waals surface area contributed by atoms with Crippen molar-refractivity contribution in [2.24, 2.45) is 0 Å². The smallest absolute Gasteiger partial charge is 0.251 e. The molecule has 0 radical (unpaired) electrons. The SMILES string of the molecule is O=C1NCc2cc(-c3cnc(Nc4nnc(CCN5CCCCC5)s4)c4nccn34)ccc21. The largest absolute Gasteiger partial charge is 0.348 e. The number of carbonyl (C=O) groups is 1. The molecule has 10 heteroatoms. The lowest BCUT2D eigenvalue weighted by molar-refractivity contribution is 0.0966. The van der Waals surface area contributed by atoms with Crippen molar-refractivity contribution in [1.29, 1.82) is 0 Å². The molecule has 3 aromatic heterocycles. The molecule has 0 spiro atoms. The van der Waals surface area contributed by atoms with Crippen molar-refractivity contribution in [2.45, 2.75) is 32.2 Å². The molecule has 1 fully saturated rings. The number of rotatable bonds is 6. The van der Waals surface area contributed by atoms with Crippen LogP contribution < -0.4 is 10.6 Å². The summed E-state index contributed by atoms with van der Waals surface area (Å²) >= 11 is 1.57. The van der Waals surface area contributed by atoms with Crippen LogP contribution in [0.1, 0.15) is 40.2 Å². The lowest BCUT2D eigenvalue weighted by atomic mass is 10.0. The van der Waals surface area contributed by atoms with E-state index in [2.05, 4.69) is 35.7 Å². The summed E-state index contributed by atoms with van der Waals surface area (Å²) in [6.45, 7) is 3.97. The molecule has 9 nitrogen and oxygen atoms in total. The average molecular weight is 461 g/mol. The molecule has 4 aromatic rings. The Bertz CT molecular complexity index is 1320. The zero-order valence-corrected chi connectivity index (χ0v) is 18.9. The Hall–Kier alpha value is -3.37. The molecule has 33 heavy (non-hydrogen) atoms. The molecule has 0 saturated carbocycles. The average Bonchev–Trinajstić information content (AvgIpc) is 3.59. The van der Waals surface area contributed by atoms with Crippen molar-refractivity contribution >= 4 is 33.8 Å². The number of fused-ring (bicyclic) bond motifs is 2. The number of nitrogens with zero attached hydrogens (tertiary/aromatic N) is 6. The first-order valence-electron chi connectivity index (χ1n) is 11.3. The Morgan fingerprint density at radius 3 is 2.94 bits per heavy atom. The minimum Gasteiger partial charge on any atom is -0.348 e. The molecule has 0 atom stereocenters. The maximum atomic E-state index is 11.9. The number of imidazole rings is 1. The van der Waals surface area contributed by atoms with Crippen molar-refractivity contribution in [3.8, 4) is 11.3 Å². The summed E-state index contributed by atoms with van der Waals surface area (Å²) in [5, 5.41) is 16.6. The third-order valence-electron chi connectivity index (χ3n) is 6.30. The summed E-state index contributed by atoms with van der Waals surface area (Å²) < 4.78 is 2.00. The van der Waals surface area contributed by atoms with Crippen LogP contribution in [0.2, 0.25) is 0 Å². The van der Waals surface area contributed by atoms with Gasteiger partial charge < -0.3 is 15.5 Å². The lowest BCUT2D eigenvalue weighted by Crippen LogP contribution is -2.31. The van der Waals surface area contributed by atoms with Crippen LogP contribution in [0.15, 0.2) is 36.8 Å². The Kier molecular flexibility index (Phi) is 5.23. The van der Waals surface area contributed by atoms with E-state index in [0.29, 0.717) is 18.0 Å². The van der Waals surface area contributed by atoms with Gasteiger partial charge in [-0.15, -0.1) is 10.2 Å². The highest BCUT2D eigenvalue weighted by Gasteiger charge is 2.20. The summed E-state index contributed by atoms with van der Waals surface area (Å²) in [6, 6.07) is 5.86. The van der Waals surface area contributed by atoms with Crippen molar-refractivity contribution in [1.82, 2.24) is 34.8 Å². The Morgan fingerprint density at radius 2 is 2.03 bits per heavy atom. The predicted octanol–water partition coefficient (Wildman–Crippen LogP) is 3.26. The molecule has 168 valence electrons. The topological polar surface area (TPSA) is 100 Å². The van der Waals surface area contributed by atoms with Gasteiger partial charge in [0.15, 0.2) is 11.5 Å². The second kappa shape index (κ2) is 8.53. The number of anilines is 2. The van der Waals surface area contributed by atoms with E-state index in [0.717, 1.165) is 45.5 Å². The minimum atomic E-state index is -0.0191. The predicted molar refractivity (Wildman–Crippen MR) is 127 cm³/mol.